The summed E-state index contributed by atoms with van der Waals surface area (Å²) in [4.78, 5) is 5.17. The highest BCUT2D eigenvalue weighted by Gasteiger charge is 2.42. The lowest BCUT2D eigenvalue weighted by molar-refractivity contribution is 0.398. The number of benzene rings is 3. The Bertz CT molecular complexity index is 2030. The summed E-state index contributed by atoms with van der Waals surface area (Å²) in [5.74, 6) is 0. The highest BCUT2D eigenvalue weighted by Crippen LogP contribution is 2.55. The molecule has 3 aromatic heterocycles. The number of unbranched alkanes of at least 4 members (excludes halogenated alkanes) is 10. The van der Waals surface area contributed by atoms with Gasteiger partial charge < -0.3 is 0 Å². The third kappa shape index (κ3) is 7.16. The van der Waals surface area contributed by atoms with Gasteiger partial charge in [0.05, 0.1) is 11.7 Å². The Morgan fingerprint density at radius 2 is 1.02 bits per heavy atom. The SMILES string of the molecule is CCCCCCCCC1(CCCCCCCC)c2cc(C)ccc2-c2ccc(-c3ccc(-c4ccc(-c5ccc(C)s5)c5nsnc45)s3)cc21. The van der Waals surface area contributed by atoms with Gasteiger partial charge in [0.25, 0.3) is 0 Å². The normalized spacial score (nSPS) is 13.3. The Morgan fingerprint density at radius 3 is 1.64 bits per heavy atom. The van der Waals surface area contributed by atoms with Crippen LogP contribution in [0.1, 0.15) is 125 Å². The van der Waals surface area contributed by atoms with Crippen molar-refractivity contribution in [2.24, 2.45) is 0 Å². The zero-order valence-electron chi connectivity index (χ0n) is 30.4. The van der Waals surface area contributed by atoms with Crippen molar-refractivity contribution in [2.45, 2.75) is 123 Å². The average Bonchev–Trinajstić information content (AvgIpc) is 3.94. The van der Waals surface area contributed by atoms with Crippen LogP contribution in [0, 0.1) is 13.8 Å². The molecule has 6 aromatic rings. The summed E-state index contributed by atoms with van der Waals surface area (Å²) in [5.41, 5.74) is 13.3. The van der Waals surface area contributed by atoms with Gasteiger partial charge in [-0.25, -0.2) is 0 Å². The zero-order valence-corrected chi connectivity index (χ0v) is 32.9. The summed E-state index contributed by atoms with van der Waals surface area (Å²) < 4.78 is 9.58. The first kappa shape index (κ1) is 35.3. The molecule has 0 aliphatic heterocycles. The van der Waals surface area contributed by atoms with Crippen LogP contribution in [0.4, 0.5) is 0 Å². The molecule has 0 saturated carbocycles. The lowest BCUT2D eigenvalue weighted by atomic mass is 9.70. The molecular formula is C45H52N2S3. The van der Waals surface area contributed by atoms with Crippen molar-refractivity contribution >= 4 is 45.4 Å². The smallest absolute Gasteiger partial charge is 0.114 e. The molecule has 260 valence electrons. The number of hydrogen-bond acceptors (Lipinski definition) is 5. The van der Waals surface area contributed by atoms with Crippen molar-refractivity contribution in [2.75, 3.05) is 0 Å². The van der Waals surface area contributed by atoms with Crippen molar-refractivity contribution in [1.82, 2.24) is 8.75 Å². The first-order valence-corrected chi connectivity index (χ1v) is 21.6. The molecule has 0 amide bonds. The summed E-state index contributed by atoms with van der Waals surface area (Å²) in [6.45, 7) is 9.08. The van der Waals surface area contributed by atoms with Gasteiger partial charge in [-0.3, -0.25) is 0 Å². The van der Waals surface area contributed by atoms with E-state index < -0.39 is 0 Å². The fraction of sp³-hybridized carbons (Fsp3) is 0.422. The van der Waals surface area contributed by atoms with E-state index in [2.05, 4.69) is 100 Å². The number of fused-ring (bicyclic) bond motifs is 4. The van der Waals surface area contributed by atoms with Crippen LogP contribution in [0.3, 0.4) is 0 Å². The van der Waals surface area contributed by atoms with Gasteiger partial charge in [-0.05, 0) is 84.8 Å². The first-order valence-electron chi connectivity index (χ1n) is 19.2. The molecule has 0 radical (unpaired) electrons. The second-order valence-corrected chi connectivity index (χ2v) is 17.5. The fourth-order valence-electron chi connectivity index (χ4n) is 8.32. The van der Waals surface area contributed by atoms with Crippen LogP contribution in [0.25, 0.3) is 53.5 Å². The summed E-state index contributed by atoms with van der Waals surface area (Å²) >= 11 is 5.04. The molecule has 3 heterocycles. The van der Waals surface area contributed by atoms with Crippen LogP contribution in [0.5, 0.6) is 0 Å². The molecule has 0 atom stereocenters. The Labute approximate surface area is 312 Å². The van der Waals surface area contributed by atoms with Crippen molar-refractivity contribution in [3.63, 3.8) is 0 Å². The molecule has 0 unspecified atom stereocenters. The van der Waals surface area contributed by atoms with Crippen molar-refractivity contribution in [3.8, 4) is 42.4 Å². The van der Waals surface area contributed by atoms with E-state index in [4.69, 9.17) is 8.75 Å². The molecule has 1 aliphatic carbocycles. The fourth-order valence-corrected chi connectivity index (χ4v) is 10.8. The van der Waals surface area contributed by atoms with E-state index in [0.717, 1.165) is 11.0 Å². The number of hydrogen-bond donors (Lipinski definition) is 0. The summed E-state index contributed by atoms with van der Waals surface area (Å²) in [5, 5.41) is 0. The van der Waals surface area contributed by atoms with Crippen LogP contribution in [-0.2, 0) is 5.41 Å². The standard InChI is InChI=1S/C45H52N2S3/c1-5-7-9-11-13-15-27-45(28-16-14-12-10-8-6-2)38-29-31(3)17-20-34(38)35-21-19-33(30-39(35)45)40-25-26-42(49-40)37-23-22-36(41-24-18-32(4)48-41)43-44(37)47-50-46-43/h17-26,29-30H,5-16,27-28H2,1-4H3. The van der Waals surface area contributed by atoms with Gasteiger partial charge in [0.15, 0.2) is 0 Å². The lowest BCUT2D eigenvalue weighted by Crippen LogP contribution is -2.25. The van der Waals surface area contributed by atoms with Crippen LogP contribution in [0.15, 0.2) is 72.8 Å². The molecule has 3 aromatic carbocycles. The Morgan fingerprint density at radius 1 is 0.500 bits per heavy atom. The van der Waals surface area contributed by atoms with Gasteiger partial charge >= 0.3 is 0 Å². The predicted octanol–water partition coefficient (Wildman–Crippen LogP) is 15.2. The van der Waals surface area contributed by atoms with Gasteiger partial charge in [-0.15, -0.1) is 22.7 Å². The van der Waals surface area contributed by atoms with Gasteiger partial charge in [0, 0.05) is 36.1 Å². The van der Waals surface area contributed by atoms with E-state index in [-0.39, 0.29) is 5.41 Å². The molecule has 0 N–H and O–H groups in total. The monoisotopic (exact) mass is 716 g/mol. The van der Waals surface area contributed by atoms with E-state index in [1.807, 2.05) is 22.7 Å². The van der Waals surface area contributed by atoms with E-state index >= 15 is 0 Å². The van der Waals surface area contributed by atoms with E-state index in [0.29, 0.717) is 0 Å². The summed E-state index contributed by atoms with van der Waals surface area (Å²) in [6, 6.07) is 28.3. The molecular weight excluding hydrogens is 665 g/mol. The molecule has 0 bridgehead atoms. The Balaban J connectivity index is 1.23. The molecule has 5 heteroatoms. The molecule has 0 fully saturated rings. The minimum Gasteiger partial charge on any atom is -0.172 e. The minimum atomic E-state index is 0.0940. The number of thiophene rings is 2. The number of aromatic nitrogens is 2. The third-order valence-electron chi connectivity index (χ3n) is 11.0. The van der Waals surface area contributed by atoms with Crippen LogP contribution >= 0.6 is 34.4 Å². The lowest BCUT2D eigenvalue weighted by Gasteiger charge is -2.33. The van der Waals surface area contributed by atoms with Crippen molar-refractivity contribution in [1.29, 1.82) is 0 Å². The third-order valence-corrected chi connectivity index (χ3v) is 13.7. The van der Waals surface area contributed by atoms with Crippen molar-refractivity contribution in [3.05, 3.63) is 94.4 Å². The summed E-state index contributed by atoms with van der Waals surface area (Å²) in [7, 11) is 0. The van der Waals surface area contributed by atoms with Crippen LogP contribution in [0.2, 0.25) is 0 Å². The Hall–Kier alpha value is -3.12. The van der Waals surface area contributed by atoms with Crippen LogP contribution in [-0.4, -0.2) is 8.75 Å². The maximum atomic E-state index is 4.81. The first-order chi connectivity index (χ1) is 24.5. The topological polar surface area (TPSA) is 25.8 Å². The van der Waals surface area contributed by atoms with E-state index in [9.17, 15) is 0 Å². The quantitative estimate of drug-likeness (QED) is 0.0878. The number of aryl methyl sites for hydroxylation is 2. The second kappa shape index (κ2) is 16.0. The predicted molar refractivity (Wildman–Crippen MR) is 221 cm³/mol. The van der Waals surface area contributed by atoms with Gasteiger partial charge in [-0.2, -0.15) is 8.75 Å². The highest BCUT2D eigenvalue weighted by molar-refractivity contribution is 7.19. The Kier molecular flexibility index (Phi) is 11.3. The maximum absolute atomic E-state index is 4.81. The second-order valence-electron chi connectivity index (χ2n) is 14.6. The van der Waals surface area contributed by atoms with Crippen molar-refractivity contribution < 1.29 is 0 Å². The van der Waals surface area contributed by atoms with Gasteiger partial charge in [0.1, 0.15) is 11.0 Å². The summed E-state index contributed by atoms with van der Waals surface area (Å²) in [6.07, 6.45) is 18.6. The van der Waals surface area contributed by atoms with Crippen LogP contribution < -0.4 is 0 Å². The largest absolute Gasteiger partial charge is 0.172 e. The molecule has 50 heavy (non-hydrogen) atoms. The number of nitrogens with zero attached hydrogens (tertiary/aromatic N) is 2. The van der Waals surface area contributed by atoms with E-state index in [1.165, 1.54) is 155 Å². The maximum Gasteiger partial charge on any atom is 0.114 e. The van der Waals surface area contributed by atoms with Gasteiger partial charge in [-0.1, -0.05) is 139 Å². The number of rotatable bonds is 17. The molecule has 1 aliphatic rings. The molecule has 0 saturated heterocycles. The molecule has 7 rings (SSSR count). The zero-order chi connectivity index (χ0) is 34.5. The highest BCUT2D eigenvalue weighted by atomic mass is 32.1. The average molecular weight is 717 g/mol. The minimum absolute atomic E-state index is 0.0940. The van der Waals surface area contributed by atoms with E-state index in [1.54, 1.807) is 11.1 Å². The van der Waals surface area contributed by atoms with Gasteiger partial charge in [0.2, 0.25) is 0 Å². The molecule has 0 spiro atoms. The molecule has 2 nitrogen and oxygen atoms in total.